The molecule has 2 atom stereocenters. The lowest BCUT2D eigenvalue weighted by Gasteiger charge is -2.28. The molecule has 0 radical (unpaired) electrons. The number of sulfone groups is 1. The van der Waals surface area contributed by atoms with Crippen LogP contribution in [0, 0.1) is 11.8 Å². The number of hydrogen-bond acceptors (Lipinski definition) is 6. The summed E-state index contributed by atoms with van der Waals surface area (Å²) in [5.74, 6) is -0.637. The molecule has 0 spiro atoms. The van der Waals surface area contributed by atoms with E-state index in [2.05, 4.69) is 15.4 Å². The van der Waals surface area contributed by atoms with Gasteiger partial charge in [0.05, 0.1) is 16.4 Å². The second kappa shape index (κ2) is 10.3. The molecule has 1 aliphatic heterocycles. The Balaban J connectivity index is 1.40. The van der Waals surface area contributed by atoms with Crippen LogP contribution >= 0.6 is 0 Å². The van der Waals surface area contributed by atoms with Gasteiger partial charge < -0.3 is 10.6 Å². The third-order valence-corrected chi connectivity index (χ3v) is 9.37. The van der Waals surface area contributed by atoms with Gasteiger partial charge in [0.1, 0.15) is 6.04 Å². The molecule has 3 N–H and O–H groups in total. The van der Waals surface area contributed by atoms with Gasteiger partial charge >= 0.3 is 0 Å². The number of carbonyl (C=O) groups excluding carboxylic acids is 2. The molecule has 2 fully saturated rings. The topological polar surface area (TPSA) is 139 Å². The zero-order chi connectivity index (χ0) is 23.4. The maximum atomic E-state index is 12.6. The fraction of sp³-hybridized carbons (Fsp3) is 0.619. The van der Waals surface area contributed by atoms with Crippen molar-refractivity contribution in [3.8, 4) is 0 Å². The molecule has 11 heteroatoms. The van der Waals surface area contributed by atoms with Crippen molar-refractivity contribution in [2.45, 2.75) is 56.0 Å². The van der Waals surface area contributed by atoms with E-state index in [0.29, 0.717) is 25.8 Å². The first kappa shape index (κ1) is 24.7. The summed E-state index contributed by atoms with van der Waals surface area (Å²) in [6.07, 6.45) is 3.08. The van der Waals surface area contributed by atoms with Crippen LogP contribution in [0.4, 0.5) is 0 Å². The fourth-order valence-electron chi connectivity index (χ4n) is 4.17. The molecule has 1 saturated heterocycles. The van der Waals surface area contributed by atoms with Crippen LogP contribution in [-0.2, 0) is 29.4 Å². The van der Waals surface area contributed by atoms with E-state index in [-0.39, 0.29) is 40.1 Å². The van der Waals surface area contributed by atoms with Crippen molar-refractivity contribution in [2.24, 2.45) is 11.8 Å². The van der Waals surface area contributed by atoms with Crippen molar-refractivity contribution in [3.05, 3.63) is 30.3 Å². The summed E-state index contributed by atoms with van der Waals surface area (Å²) in [5.41, 5.74) is 0. The Morgan fingerprint density at radius 1 is 1.06 bits per heavy atom. The van der Waals surface area contributed by atoms with Crippen molar-refractivity contribution in [1.29, 1.82) is 0 Å². The summed E-state index contributed by atoms with van der Waals surface area (Å²) in [5, 5.41) is 5.42. The summed E-state index contributed by atoms with van der Waals surface area (Å²) in [4.78, 5) is 25.1. The average molecular weight is 486 g/mol. The van der Waals surface area contributed by atoms with Gasteiger partial charge in [0, 0.05) is 18.5 Å². The van der Waals surface area contributed by atoms with Crippen molar-refractivity contribution >= 4 is 31.7 Å². The molecule has 0 bridgehead atoms. The first-order valence-electron chi connectivity index (χ1n) is 10.9. The van der Waals surface area contributed by atoms with Gasteiger partial charge in [-0.05, 0) is 57.1 Å². The SMILES string of the molecule is C[C@@H](NC(=O)C1CCC(CNS(=O)(=O)c2ccccc2)CC1)C(=O)N[C@@H]1CCS(=O)(=O)C1. The highest BCUT2D eigenvalue weighted by Gasteiger charge is 2.32. The van der Waals surface area contributed by atoms with Gasteiger partial charge in [-0.3, -0.25) is 9.59 Å². The van der Waals surface area contributed by atoms with E-state index in [1.807, 2.05) is 0 Å². The van der Waals surface area contributed by atoms with Crippen LogP contribution in [0.1, 0.15) is 39.0 Å². The monoisotopic (exact) mass is 485 g/mol. The summed E-state index contributed by atoms with van der Waals surface area (Å²) in [6, 6.07) is 7.06. The minimum absolute atomic E-state index is 0.0581. The van der Waals surface area contributed by atoms with Crippen LogP contribution < -0.4 is 15.4 Å². The Morgan fingerprint density at radius 2 is 1.72 bits per heavy atom. The van der Waals surface area contributed by atoms with Crippen LogP contribution in [-0.4, -0.2) is 58.8 Å². The third kappa shape index (κ3) is 6.76. The Bertz CT molecular complexity index is 1020. The summed E-state index contributed by atoms with van der Waals surface area (Å²) < 4.78 is 50.4. The highest BCUT2D eigenvalue weighted by molar-refractivity contribution is 7.91. The predicted molar refractivity (Wildman–Crippen MR) is 120 cm³/mol. The number of amides is 2. The van der Waals surface area contributed by atoms with Crippen LogP contribution in [0.5, 0.6) is 0 Å². The lowest BCUT2D eigenvalue weighted by atomic mass is 9.81. The lowest BCUT2D eigenvalue weighted by Crippen LogP contribution is -2.50. The largest absolute Gasteiger partial charge is 0.351 e. The van der Waals surface area contributed by atoms with Crippen molar-refractivity contribution in [2.75, 3.05) is 18.1 Å². The molecular weight excluding hydrogens is 454 g/mol. The highest BCUT2D eigenvalue weighted by atomic mass is 32.2. The summed E-state index contributed by atoms with van der Waals surface area (Å²) in [7, 11) is -6.63. The van der Waals surface area contributed by atoms with Crippen molar-refractivity contribution < 1.29 is 26.4 Å². The van der Waals surface area contributed by atoms with Gasteiger partial charge in [0.2, 0.25) is 21.8 Å². The number of rotatable bonds is 8. The minimum Gasteiger partial charge on any atom is -0.351 e. The highest BCUT2D eigenvalue weighted by Crippen LogP contribution is 2.29. The van der Waals surface area contributed by atoms with Gasteiger partial charge in [0.15, 0.2) is 9.84 Å². The van der Waals surface area contributed by atoms with Gasteiger partial charge in [0.25, 0.3) is 0 Å². The van der Waals surface area contributed by atoms with E-state index in [1.54, 1.807) is 37.3 Å². The van der Waals surface area contributed by atoms with Gasteiger partial charge in [-0.25, -0.2) is 21.6 Å². The van der Waals surface area contributed by atoms with E-state index in [9.17, 15) is 26.4 Å². The van der Waals surface area contributed by atoms with Crippen LogP contribution in [0.15, 0.2) is 35.2 Å². The molecule has 1 aromatic rings. The molecule has 1 saturated carbocycles. The molecule has 0 aromatic heterocycles. The maximum absolute atomic E-state index is 12.6. The Morgan fingerprint density at radius 3 is 2.31 bits per heavy atom. The third-order valence-electron chi connectivity index (χ3n) is 6.16. The average Bonchev–Trinajstić information content (AvgIpc) is 3.11. The van der Waals surface area contributed by atoms with Gasteiger partial charge in [-0.15, -0.1) is 0 Å². The number of benzene rings is 1. The molecule has 1 heterocycles. The van der Waals surface area contributed by atoms with Crippen LogP contribution in [0.2, 0.25) is 0 Å². The number of hydrogen-bond donors (Lipinski definition) is 3. The van der Waals surface area contributed by atoms with Crippen LogP contribution in [0.3, 0.4) is 0 Å². The first-order valence-corrected chi connectivity index (χ1v) is 14.2. The molecule has 178 valence electrons. The molecule has 1 aromatic carbocycles. The number of nitrogens with one attached hydrogen (secondary N) is 3. The van der Waals surface area contributed by atoms with E-state index in [4.69, 9.17) is 0 Å². The minimum atomic E-state index is -3.54. The van der Waals surface area contributed by atoms with E-state index >= 15 is 0 Å². The predicted octanol–water partition coefficient (Wildman–Crippen LogP) is 0.579. The Kier molecular flexibility index (Phi) is 7.94. The zero-order valence-electron chi connectivity index (χ0n) is 18.1. The molecule has 0 unspecified atom stereocenters. The summed E-state index contributed by atoms with van der Waals surface area (Å²) >= 11 is 0. The normalized spacial score (nSPS) is 26.2. The molecule has 3 rings (SSSR count). The molecule has 2 amide bonds. The Labute approximate surface area is 189 Å². The smallest absolute Gasteiger partial charge is 0.242 e. The zero-order valence-corrected chi connectivity index (χ0v) is 19.8. The maximum Gasteiger partial charge on any atom is 0.242 e. The molecular formula is C21H31N3O6S2. The van der Waals surface area contributed by atoms with Crippen LogP contribution in [0.25, 0.3) is 0 Å². The fourth-order valence-corrected chi connectivity index (χ4v) is 6.98. The van der Waals surface area contributed by atoms with E-state index < -0.39 is 31.9 Å². The van der Waals surface area contributed by atoms with Crippen molar-refractivity contribution in [3.63, 3.8) is 0 Å². The molecule has 32 heavy (non-hydrogen) atoms. The lowest BCUT2D eigenvalue weighted by molar-refractivity contribution is -0.131. The van der Waals surface area contributed by atoms with Gasteiger partial charge in [-0.1, -0.05) is 18.2 Å². The molecule has 1 aliphatic carbocycles. The number of carbonyl (C=O) groups is 2. The standard InChI is InChI=1S/C21H31N3O6S2/c1-15(20(25)24-18-11-12-31(27,28)14-18)23-21(26)17-9-7-16(8-10-17)13-22-32(29,30)19-5-3-2-4-6-19/h2-6,15-18,22H,7-14H2,1H3,(H,23,26)(H,24,25)/t15-,16?,17?,18-/m1/s1. The number of sulfonamides is 1. The van der Waals surface area contributed by atoms with E-state index in [0.717, 1.165) is 12.8 Å². The second-order valence-corrected chi connectivity index (χ2v) is 12.7. The first-order chi connectivity index (χ1) is 15.1. The van der Waals surface area contributed by atoms with E-state index in [1.165, 1.54) is 0 Å². The second-order valence-electron chi connectivity index (χ2n) is 8.72. The molecule has 9 nitrogen and oxygen atoms in total. The molecule has 2 aliphatic rings. The Hall–Kier alpha value is -1.98. The quantitative estimate of drug-likeness (QED) is 0.492. The van der Waals surface area contributed by atoms with Crippen molar-refractivity contribution in [1.82, 2.24) is 15.4 Å². The summed E-state index contributed by atoms with van der Waals surface area (Å²) in [6.45, 7) is 1.91. The van der Waals surface area contributed by atoms with Gasteiger partial charge in [-0.2, -0.15) is 0 Å².